The number of carbonyl (C=O) groups excluding carboxylic acids is 1. The van der Waals surface area contributed by atoms with Crippen LogP contribution in [0.5, 0.6) is 0 Å². The van der Waals surface area contributed by atoms with E-state index in [2.05, 4.69) is 30.9 Å². The summed E-state index contributed by atoms with van der Waals surface area (Å²) in [5.74, 6) is 1.25. The van der Waals surface area contributed by atoms with Crippen LogP contribution < -0.4 is 10.6 Å². The van der Waals surface area contributed by atoms with Gasteiger partial charge in [0.25, 0.3) is 0 Å². The van der Waals surface area contributed by atoms with Crippen molar-refractivity contribution in [3.63, 3.8) is 0 Å². The molecular weight excluding hydrogens is 410 g/mol. The lowest BCUT2D eigenvalue weighted by molar-refractivity contribution is 0.000838. The van der Waals surface area contributed by atoms with Gasteiger partial charge in [-0.05, 0) is 49.3 Å². The standard InChI is InChI=1S/C19H22ClN7O3/c1-19(2,3)29-18(28)27-9-11(10-27)8-21-14-15(22-13-6-4-5-12(20)7-13)24-17-16(23-14)25-30-26-17/h4-7,11H,8-10H2,1-3H3,(H,21,23,25)(H,22,24,26). The van der Waals surface area contributed by atoms with E-state index < -0.39 is 5.60 Å². The lowest BCUT2D eigenvalue weighted by atomic mass is 10.0. The molecule has 1 amide bonds. The highest BCUT2D eigenvalue weighted by atomic mass is 35.5. The number of hydrogen-bond acceptors (Lipinski definition) is 9. The van der Waals surface area contributed by atoms with Crippen LogP contribution in [0.1, 0.15) is 20.8 Å². The van der Waals surface area contributed by atoms with Crippen molar-refractivity contribution < 1.29 is 14.2 Å². The predicted molar refractivity (Wildman–Crippen MR) is 112 cm³/mol. The normalized spacial score (nSPS) is 14.5. The van der Waals surface area contributed by atoms with Crippen LogP contribution in [0.2, 0.25) is 5.02 Å². The van der Waals surface area contributed by atoms with Gasteiger partial charge in [-0.1, -0.05) is 17.7 Å². The van der Waals surface area contributed by atoms with E-state index in [9.17, 15) is 4.79 Å². The minimum Gasteiger partial charge on any atom is -0.444 e. The first kappa shape index (κ1) is 20.1. The maximum Gasteiger partial charge on any atom is 0.410 e. The Balaban J connectivity index is 1.42. The second-order valence-corrected chi connectivity index (χ2v) is 8.54. The van der Waals surface area contributed by atoms with Crippen LogP contribution in [0.15, 0.2) is 28.9 Å². The summed E-state index contributed by atoms with van der Waals surface area (Å²) in [7, 11) is 0. The number of fused-ring (bicyclic) bond motifs is 1. The highest BCUT2D eigenvalue weighted by Gasteiger charge is 2.33. The maximum atomic E-state index is 12.1. The van der Waals surface area contributed by atoms with Crippen LogP contribution in [-0.2, 0) is 4.74 Å². The molecule has 1 aromatic carbocycles. The van der Waals surface area contributed by atoms with Crippen LogP contribution in [0, 0.1) is 5.92 Å². The maximum absolute atomic E-state index is 12.1. The molecule has 0 aliphatic carbocycles. The van der Waals surface area contributed by atoms with Gasteiger partial charge < -0.3 is 20.3 Å². The Labute approximate surface area is 177 Å². The van der Waals surface area contributed by atoms with Crippen molar-refractivity contribution >= 4 is 46.3 Å². The summed E-state index contributed by atoms with van der Waals surface area (Å²) in [5.41, 5.74) is 0.858. The average Bonchev–Trinajstić information content (AvgIpc) is 3.06. The first-order valence-corrected chi connectivity index (χ1v) is 9.89. The van der Waals surface area contributed by atoms with Crippen LogP contribution in [-0.4, -0.2) is 56.5 Å². The third kappa shape index (κ3) is 4.70. The number of amides is 1. The molecule has 1 aliphatic heterocycles. The zero-order valence-corrected chi connectivity index (χ0v) is 17.6. The van der Waals surface area contributed by atoms with Crippen LogP contribution in [0.3, 0.4) is 0 Å². The summed E-state index contributed by atoms with van der Waals surface area (Å²) in [6, 6.07) is 7.27. The molecule has 0 spiro atoms. The number of nitrogens with one attached hydrogen (secondary N) is 2. The van der Waals surface area contributed by atoms with Gasteiger partial charge in [-0.15, -0.1) is 0 Å². The molecule has 0 atom stereocenters. The molecule has 0 unspecified atom stereocenters. The minimum atomic E-state index is -0.502. The fraction of sp³-hybridized carbons (Fsp3) is 0.421. The van der Waals surface area contributed by atoms with E-state index in [0.29, 0.717) is 47.6 Å². The summed E-state index contributed by atoms with van der Waals surface area (Å²) in [5, 5.41) is 14.6. The fourth-order valence-corrected chi connectivity index (χ4v) is 3.16. The number of carbonyl (C=O) groups is 1. The number of ether oxygens (including phenoxy) is 1. The highest BCUT2D eigenvalue weighted by Crippen LogP contribution is 2.26. The highest BCUT2D eigenvalue weighted by molar-refractivity contribution is 6.30. The van der Waals surface area contributed by atoms with Crippen molar-refractivity contribution in [3.05, 3.63) is 29.3 Å². The van der Waals surface area contributed by atoms with E-state index in [1.54, 1.807) is 17.0 Å². The number of hydrogen-bond donors (Lipinski definition) is 2. The Hall–Kier alpha value is -3.14. The average molecular weight is 432 g/mol. The molecule has 4 rings (SSSR count). The van der Waals surface area contributed by atoms with Crippen LogP contribution in [0.25, 0.3) is 11.3 Å². The Morgan fingerprint density at radius 1 is 1.23 bits per heavy atom. The van der Waals surface area contributed by atoms with Gasteiger partial charge in [0, 0.05) is 36.3 Å². The number of nitrogens with zero attached hydrogens (tertiary/aromatic N) is 5. The lowest BCUT2D eigenvalue weighted by Crippen LogP contribution is -2.53. The number of likely N-dealkylation sites (tertiary alicyclic amines) is 1. The van der Waals surface area contributed by atoms with Gasteiger partial charge in [-0.25, -0.2) is 19.4 Å². The molecule has 1 fully saturated rings. The van der Waals surface area contributed by atoms with Crippen molar-refractivity contribution in [2.24, 2.45) is 5.92 Å². The molecule has 1 aliphatic rings. The summed E-state index contributed by atoms with van der Waals surface area (Å²) in [4.78, 5) is 22.6. The molecule has 11 heteroatoms. The van der Waals surface area contributed by atoms with E-state index in [1.165, 1.54) is 0 Å². The number of benzene rings is 1. The molecule has 2 aromatic heterocycles. The van der Waals surface area contributed by atoms with Crippen LogP contribution in [0.4, 0.5) is 22.1 Å². The molecule has 3 heterocycles. The smallest absolute Gasteiger partial charge is 0.410 e. The molecular formula is C19H22ClN7O3. The third-order valence-electron chi connectivity index (χ3n) is 4.37. The topological polar surface area (TPSA) is 118 Å². The SMILES string of the molecule is CC(C)(C)OC(=O)N1CC(CNc2nc3nonc3nc2Nc2cccc(Cl)c2)C1. The molecule has 0 radical (unpaired) electrons. The van der Waals surface area contributed by atoms with E-state index in [4.69, 9.17) is 21.0 Å². The molecule has 30 heavy (non-hydrogen) atoms. The van der Waals surface area contributed by atoms with Gasteiger partial charge in [-0.3, -0.25) is 0 Å². The van der Waals surface area contributed by atoms with Crippen molar-refractivity contribution in [3.8, 4) is 0 Å². The van der Waals surface area contributed by atoms with Crippen molar-refractivity contribution in [2.75, 3.05) is 30.3 Å². The van der Waals surface area contributed by atoms with Crippen molar-refractivity contribution in [1.82, 2.24) is 25.2 Å². The first-order chi connectivity index (χ1) is 14.3. The molecule has 10 nitrogen and oxygen atoms in total. The quantitative estimate of drug-likeness (QED) is 0.623. The zero-order valence-electron chi connectivity index (χ0n) is 16.8. The Morgan fingerprint density at radius 2 is 1.93 bits per heavy atom. The lowest BCUT2D eigenvalue weighted by Gasteiger charge is -2.39. The molecule has 158 valence electrons. The molecule has 1 saturated heterocycles. The van der Waals surface area contributed by atoms with Crippen molar-refractivity contribution in [1.29, 1.82) is 0 Å². The number of rotatable bonds is 5. The first-order valence-electron chi connectivity index (χ1n) is 9.51. The summed E-state index contributed by atoms with van der Waals surface area (Å²) < 4.78 is 10.1. The van der Waals surface area contributed by atoms with Crippen LogP contribution >= 0.6 is 11.6 Å². The third-order valence-corrected chi connectivity index (χ3v) is 4.60. The van der Waals surface area contributed by atoms with E-state index in [-0.39, 0.29) is 12.0 Å². The Kier molecular flexibility index (Phi) is 5.33. The van der Waals surface area contributed by atoms with Gasteiger partial charge in [0.1, 0.15) is 5.60 Å². The number of halogens is 1. The molecule has 0 bridgehead atoms. The minimum absolute atomic E-state index is 0.268. The van der Waals surface area contributed by atoms with E-state index in [0.717, 1.165) is 5.69 Å². The number of aromatic nitrogens is 4. The Morgan fingerprint density at radius 3 is 2.60 bits per heavy atom. The Bertz CT molecular complexity index is 1060. The van der Waals surface area contributed by atoms with Crippen molar-refractivity contribution in [2.45, 2.75) is 26.4 Å². The monoisotopic (exact) mass is 431 g/mol. The molecule has 3 aromatic rings. The number of anilines is 3. The van der Waals surface area contributed by atoms with Gasteiger partial charge in [0.2, 0.25) is 11.3 Å². The van der Waals surface area contributed by atoms with Gasteiger partial charge in [0.15, 0.2) is 11.6 Å². The predicted octanol–water partition coefficient (Wildman–Crippen LogP) is 3.69. The molecule has 0 saturated carbocycles. The second-order valence-electron chi connectivity index (χ2n) is 8.10. The fourth-order valence-electron chi connectivity index (χ4n) is 2.97. The van der Waals surface area contributed by atoms with Gasteiger partial charge in [0.05, 0.1) is 0 Å². The largest absolute Gasteiger partial charge is 0.444 e. The molecule has 2 N–H and O–H groups in total. The van der Waals surface area contributed by atoms with Gasteiger partial charge in [-0.2, -0.15) is 0 Å². The summed E-state index contributed by atoms with van der Waals surface area (Å²) in [6.45, 7) is 7.39. The summed E-state index contributed by atoms with van der Waals surface area (Å²) >= 11 is 6.07. The second kappa shape index (κ2) is 7.94. The van der Waals surface area contributed by atoms with Gasteiger partial charge >= 0.3 is 6.09 Å². The zero-order chi connectivity index (χ0) is 21.3. The van der Waals surface area contributed by atoms with E-state index >= 15 is 0 Å². The summed E-state index contributed by atoms with van der Waals surface area (Å²) in [6.07, 6.45) is -0.294. The van der Waals surface area contributed by atoms with E-state index in [1.807, 2.05) is 32.9 Å².